The lowest BCUT2D eigenvalue weighted by molar-refractivity contribution is 0.260. The van der Waals surface area contributed by atoms with Gasteiger partial charge in [-0.1, -0.05) is 22.0 Å². The molecule has 0 fully saturated rings. The molecular weight excluding hydrogens is 334 g/mol. The van der Waals surface area contributed by atoms with Gasteiger partial charge in [0.15, 0.2) is 0 Å². The number of halogens is 1. The molecule has 1 N–H and O–H groups in total. The maximum atomic E-state index is 12.5. The van der Waals surface area contributed by atoms with Crippen LogP contribution in [0.15, 0.2) is 40.2 Å². The summed E-state index contributed by atoms with van der Waals surface area (Å²) in [5.74, 6) is 0.259. The summed E-state index contributed by atoms with van der Waals surface area (Å²) in [6.45, 7) is 3.39. The molecule has 0 saturated carbocycles. The fourth-order valence-corrected chi connectivity index (χ4v) is 3.65. The average Bonchev–Trinajstić information content (AvgIpc) is 2.38. The molecule has 106 valence electrons. The van der Waals surface area contributed by atoms with Crippen LogP contribution in [0.2, 0.25) is 0 Å². The Bertz CT molecular complexity index is 545. The minimum absolute atomic E-state index is 0.00399. The van der Waals surface area contributed by atoms with E-state index in [0.717, 1.165) is 4.31 Å². The largest absolute Gasteiger partial charge is 0.495 e. The molecule has 0 aromatic heterocycles. The molecule has 0 aliphatic heterocycles. The number of hydrogen-bond donors (Lipinski definition) is 1. The van der Waals surface area contributed by atoms with Crippen molar-refractivity contribution in [2.75, 3.05) is 26.8 Å². The Hall–Kier alpha value is -0.890. The number of methoxy groups -OCH3 is 1. The molecule has 5 nitrogen and oxygen atoms in total. The molecule has 0 aliphatic rings. The maximum Gasteiger partial charge on any atom is 0.247 e. The minimum Gasteiger partial charge on any atom is -0.495 e. The Balaban J connectivity index is 3.31. The van der Waals surface area contributed by atoms with E-state index >= 15 is 0 Å². The first kappa shape index (κ1) is 16.2. The molecule has 0 radical (unpaired) electrons. The first-order valence-corrected chi connectivity index (χ1v) is 7.76. The van der Waals surface area contributed by atoms with E-state index in [1.165, 1.54) is 19.3 Å². The quantitative estimate of drug-likeness (QED) is 0.759. The van der Waals surface area contributed by atoms with Crippen LogP contribution in [0.3, 0.4) is 0 Å². The van der Waals surface area contributed by atoms with Gasteiger partial charge in [0, 0.05) is 17.6 Å². The highest BCUT2D eigenvalue weighted by atomic mass is 79.9. The molecular formula is C12H16BrNO4S. The first-order valence-electron chi connectivity index (χ1n) is 5.52. The van der Waals surface area contributed by atoms with E-state index in [1.807, 2.05) is 0 Å². The van der Waals surface area contributed by atoms with Gasteiger partial charge >= 0.3 is 0 Å². The van der Waals surface area contributed by atoms with Gasteiger partial charge < -0.3 is 9.84 Å². The zero-order valence-corrected chi connectivity index (χ0v) is 12.9. The fourth-order valence-electron chi connectivity index (χ4n) is 1.56. The Kier molecular flexibility index (Phi) is 5.99. The van der Waals surface area contributed by atoms with Crippen LogP contribution in [0, 0.1) is 0 Å². The second-order valence-electron chi connectivity index (χ2n) is 3.67. The van der Waals surface area contributed by atoms with Crippen molar-refractivity contribution in [1.29, 1.82) is 0 Å². The minimum atomic E-state index is -3.74. The fraction of sp³-hybridized carbons (Fsp3) is 0.333. The predicted octanol–water partition coefficient (Wildman–Crippen LogP) is 1.63. The van der Waals surface area contributed by atoms with Crippen LogP contribution in [0.4, 0.5) is 0 Å². The van der Waals surface area contributed by atoms with Gasteiger partial charge in [0.25, 0.3) is 0 Å². The van der Waals surface area contributed by atoms with E-state index in [2.05, 4.69) is 22.5 Å². The Labute approximate surface area is 121 Å². The average molecular weight is 350 g/mol. The van der Waals surface area contributed by atoms with E-state index in [1.54, 1.807) is 12.1 Å². The molecule has 0 unspecified atom stereocenters. The molecule has 0 atom stereocenters. The summed E-state index contributed by atoms with van der Waals surface area (Å²) in [7, 11) is -2.33. The molecule has 1 aromatic rings. The third-order valence-corrected chi connectivity index (χ3v) is 4.81. The van der Waals surface area contributed by atoms with Crippen molar-refractivity contribution >= 4 is 26.0 Å². The number of aliphatic hydroxyl groups excluding tert-OH is 1. The monoisotopic (exact) mass is 349 g/mol. The molecule has 0 aliphatic carbocycles. The Morgan fingerprint density at radius 2 is 2.21 bits per heavy atom. The van der Waals surface area contributed by atoms with E-state index in [-0.39, 0.29) is 30.3 Å². The third-order valence-electron chi connectivity index (χ3n) is 2.43. The van der Waals surface area contributed by atoms with Crippen LogP contribution in [-0.2, 0) is 10.0 Å². The van der Waals surface area contributed by atoms with Gasteiger partial charge in [0.05, 0.1) is 13.7 Å². The van der Waals surface area contributed by atoms with E-state index in [9.17, 15) is 8.42 Å². The molecule has 19 heavy (non-hydrogen) atoms. The van der Waals surface area contributed by atoms with E-state index < -0.39 is 10.0 Å². The summed E-state index contributed by atoms with van der Waals surface area (Å²) in [4.78, 5) is 0.0553. The second kappa shape index (κ2) is 7.04. The number of rotatable bonds is 7. The van der Waals surface area contributed by atoms with Crippen molar-refractivity contribution in [1.82, 2.24) is 4.31 Å². The number of aliphatic hydroxyl groups is 1. The van der Waals surface area contributed by atoms with Gasteiger partial charge in [-0.05, 0) is 18.2 Å². The van der Waals surface area contributed by atoms with Crippen molar-refractivity contribution < 1.29 is 18.3 Å². The van der Waals surface area contributed by atoms with Crippen LogP contribution < -0.4 is 4.74 Å². The van der Waals surface area contributed by atoms with Gasteiger partial charge in [0.2, 0.25) is 10.0 Å². The highest BCUT2D eigenvalue weighted by Crippen LogP contribution is 2.29. The third kappa shape index (κ3) is 3.79. The standard InChI is InChI=1S/C12H16BrNO4S/c1-3-6-14(7-8-15)19(16,17)12-9-10(13)4-5-11(12)18-2/h3-5,9,15H,1,6-8H2,2H3. The molecule has 0 heterocycles. The SMILES string of the molecule is C=CCN(CCO)S(=O)(=O)c1cc(Br)ccc1OC. The number of ether oxygens (including phenoxy) is 1. The van der Waals surface area contributed by atoms with Gasteiger partial charge in [-0.3, -0.25) is 0 Å². The van der Waals surface area contributed by atoms with E-state index in [0.29, 0.717) is 4.47 Å². The van der Waals surface area contributed by atoms with E-state index in [4.69, 9.17) is 9.84 Å². The van der Waals surface area contributed by atoms with Crippen molar-refractivity contribution in [3.05, 3.63) is 35.3 Å². The van der Waals surface area contributed by atoms with Crippen LogP contribution in [0.1, 0.15) is 0 Å². The summed E-state index contributed by atoms with van der Waals surface area (Å²) in [6.07, 6.45) is 1.47. The van der Waals surface area contributed by atoms with Gasteiger partial charge in [-0.25, -0.2) is 8.42 Å². The Morgan fingerprint density at radius 3 is 2.74 bits per heavy atom. The predicted molar refractivity (Wildman–Crippen MR) is 76.7 cm³/mol. The molecule has 0 amide bonds. The van der Waals surface area contributed by atoms with Crippen LogP contribution in [0.25, 0.3) is 0 Å². The summed E-state index contributed by atoms with van der Waals surface area (Å²) < 4.78 is 31.9. The topological polar surface area (TPSA) is 66.8 Å². The second-order valence-corrected chi connectivity index (χ2v) is 6.49. The number of nitrogens with zero attached hydrogens (tertiary/aromatic N) is 1. The van der Waals surface area contributed by atoms with Crippen LogP contribution in [-0.4, -0.2) is 44.6 Å². The van der Waals surface area contributed by atoms with Crippen LogP contribution >= 0.6 is 15.9 Å². The number of sulfonamides is 1. The molecule has 0 spiro atoms. The highest BCUT2D eigenvalue weighted by molar-refractivity contribution is 9.10. The lowest BCUT2D eigenvalue weighted by Crippen LogP contribution is -2.34. The molecule has 0 saturated heterocycles. The highest BCUT2D eigenvalue weighted by Gasteiger charge is 2.26. The summed E-state index contributed by atoms with van der Waals surface area (Å²) in [6, 6.07) is 4.74. The van der Waals surface area contributed by atoms with Crippen molar-refractivity contribution in [2.45, 2.75) is 4.90 Å². The lowest BCUT2D eigenvalue weighted by Gasteiger charge is -2.21. The molecule has 7 heteroatoms. The van der Waals surface area contributed by atoms with Crippen molar-refractivity contribution in [3.63, 3.8) is 0 Å². The summed E-state index contributed by atoms with van der Waals surface area (Å²) in [5.41, 5.74) is 0. The number of benzene rings is 1. The lowest BCUT2D eigenvalue weighted by atomic mass is 10.3. The Morgan fingerprint density at radius 1 is 1.53 bits per heavy atom. The smallest absolute Gasteiger partial charge is 0.247 e. The normalized spacial score (nSPS) is 11.6. The van der Waals surface area contributed by atoms with Gasteiger partial charge in [-0.15, -0.1) is 6.58 Å². The number of hydrogen-bond acceptors (Lipinski definition) is 4. The molecule has 1 aromatic carbocycles. The molecule has 0 bridgehead atoms. The summed E-state index contributed by atoms with van der Waals surface area (Å²) in [5, 5.41) is 8.97. The zero-order valence-electron chi connectivity index (χ0n) is 10.5. The van der Waals surface area contributed by atoms with Crippen LogP contribution in [0.5, 0.6) is 5.75 Å². The van der Waals surface area contributed by atoms with Gasteiger partial charge in [-0.2, -0.15) is 4.31 Å². The molecule has 1 rings (SSSR count). The first-order chi connectivity index (χ1) is 8.97. The summed E-state index contributed by atoms with van der Waals surface area (Å²) >= 11 is 3.24. The van der Waals surface area contributed by atoms with Crippen molar-refractivity contribution in [2.24, 2.45) is 0 Å². The van der Waals surface area contributed by atoms with Crippen molar-refractivity contribution in [3.8, 4) is 5.75 Å². The maximum absolute atomic E-state index is 12.5. The zero-order chi connectivity index (χ0) is 14.5. The van der Waals surface area contributed by atoms with Gasteiger partial charge in [0.1, 0.15) is 10.6 Å².